The first-order valence-corrected chi connectivity index (χ1v) is 5.80. The van der Waals surface area contributed by atoms with Crippen LogP contribution in [0.2, 0.25) is 0 Å². The number of carbonyl (C=O) groups excluding carboxylic acids is 1. The van der Waals surface area contributed by atoms with Crippen LogP contribution in [0.15, 0.2) is 0 Å². The van der Waals surface area contributed by atoms with Gasteiger partial charge in [0.1, 0.15) is 6.04 Å². The first-order valence-electron chi connectivity index (χ1n) is 5.80. The first-order chi connectivity index (χ1) is 7.13. The fourth-order valence-corrected chi connectivity index (χ4v) is 2.09. The average Bonchev–Trinajstić information content (AvgIpc) is 2.26. The van der Waals surface area contributed by atoms with Crippen LogP contribution in [0.4, 0.5) is 0 Å². The van der Waals surface area contributed by atoms with Crippen LogP contribution < -0.4 is 11.5 Å². The molecule has 4 nitrogen and oxygen atoms in total. The van der Waals surface area contributed by atoms with E-state index in [0.29, 0.717) is 0 Å². The summed E-state index contributed by atoms with van der Waals surface area (Å²) in [5.41, 5.74) is 10.6. The van der Waals surface area contributed by atoms with Gasteiger partial charge in [-0.25, -0.2) is 0 Å². The minimum Gasteiger partial charge on any atom is -0.376 e. The monoisotopic (exact) mass is 214 g/mol. The standard InChI is InChI=1S/C11H22N2O2/c1-2-8-4-3-5-9(6-8)15-7-10(12)11(13)14/h8-10H,2-7,12H2,1H3,(H2,13,14). The predicted octanol–water partition coefficient (Wildman–Crippen LogP) is 0.784. The molecule has 1 saturated carbocycles. The first kappa shape index (κ1) is 12.5. The molecule has 4 N–H and O–H groups in total. The molecule has 1 rings (SSSR count). The lowest BCUT2D eigenvalue weighted by molar-refractivity contribution is -0.121. The Bertz CT molecular complexity index is 209. The molecule has 0 aliphatic heterocycles. The molecule has 15 heavy (non-hydrogen) atoms. The summed E-state index contributed by atoms with van der Waals surface area (Å²) < 4.78 is 5.61. The summed E-state index contributed by atoms with van der Waals surface area (Å²) in [7, 11) is 0. The third-order valence-electron chi connectivity index (χ3n) is 3.19. The van der Waals surface area contributed by atoms with Crippen molar-refractivity contribution in [2.45, 2.75) is 51.2 Å². The second-order valence-electron chi connectivity index (χ2n) is 4.41. The molecule has 0 spiro atoms. The van der Waals surface area contributed by atoms with E-state index in [2.05, 4.69) is 6.92 Å². The fourth-order valence-electron chi connectivity index (χ4n) is 2.09. The number of primary amides is 1. The van der Waals surface area contributed by atoms with E-state index in [1.165, 1.54) is 19.3 Å². The van der Waals surface area contributed by atoms with Gasteiger partial charge in [-0.1, -0.05) is 26.2 Å². The van der Waals surface area contributed by atoms with Gasteiger partial charge in [0.2, 0.25) is 5.91 Å². The summed E-state index contributed by atoms with van der Waals surface area (Å²) in [6, 6.07) is -0.660. The Kier molecular flexibility index (Phi) is 5.05. The quantitative estimate of drug-likeness (QED) is 0.710. The molecule has 1 amide bonds. The van der Waals surface area contributed by atoms with Crippen molar-refractivity contribution in [1.29, 1.82) is 0 Å². The van der Waals surface area contributed by atoms with Gasteiger partial charge in [-0.15, -0.1) is 0 Å². The highest BCUT2D eigenvalue weighted by molar-refractivity contribution is 5.79. The second-order valence-corrected chi connectivity index (χ2v) is 4.41. The van der Waals surface area contributed by atoms with Gasteiger partial charge in [-0.2, -0.15) is 0 Å². The topological polar surface area (TPSA) is 78.3 Å². The minimum absolute atomic E-state index is 0.260. The Hall–Kier alpha value is -0.610. The molecule has 1 fully saturated rings. The van der Waals surface area contributed by atoms with Crippen LogP contribution >= 0.6 is 0 Å². The van der Waals surface area contributed by atoms with E-state index in [1.807, 2.05) is 0 Å². The molecule has 0 heterocycles. The summed E-state index contributed by atoms with van der Waals surface area (Å²) in [5, 5.41) is 0. The summed E-state index contributed by atoms with van der Waals surface area (Å²) >= 11 is 0. The maximum absolute atomic E-state index is 10.7. The molecule has 0 radical (unpaired) electrons. The van der Waals surface area contributed by atoms with Crippen molar-refractivity contribution in [2.24, 2.45) is 17.4 Å². The Morgan fingerprint density at radius 3 is 2.87 bits per heavy atom. The Labute approximate surface area is 91.3 Å². The summed E-state index contributed by atoms with van der Waals surface area (Å²) in [4.78, 5) is 10.7. The lowest BCUT2D eigenvalue weighted by Crippen LogP contribution is -2.41. The van der Waals surface area contributed by atoms with Crippen molar-refractivity contribution in [2.75, 3.05) is 6.61 Å². The highest BCUT2D eigenvalue weighted by Gasteiger charge is 2.22. The number of rotatable bonds is 5. The summed E-state index contributed by atoms with van der Waals surface area (Å²) in [6.45, 7) is 2.47. The fraction of sp³-hybridized carbons (Fsp3) is 0.909. The summed E-state index contributed by atoms with van der Waals surface area (Å²) in [5.74, 6) is 0.284. The Balaban J connectivity index is 2.23. The van der Waals surface area contributed by atoms with Crippen LogP contribution in [-0.2, 0) is 9.53 Å². The van der Waals surface area contributed by atoms with Gasteiger partial charge in [0.05, 0.1) is 12.7 Å². The number of hydrogen-bond acceptors (Lipinski definition) is 3. The zero-order chi connectivity index (χ0) is 11.3. The van der Waals surface area contributed by atoms with Crippen LogP contribution in [0.5, 0.6) is 0 Å². The van der Waals surface area contributed by atoms with E-state index in [0.717, 1.165) is 18.8 Å². The van der Waals surface area contributed by atoms with Crippen molar-refractivity contribution in [3.8, 4) is 0 Å². The van der Waals surface area contributed by atoms with Gasteiger partial charge in [0.15, 0.2) is 0 Å². The van der Waals surface area contributed by atoms with Crippen LogP contribution in [0.1, 0.15) is 39.0 Å². The normalized spacial score (nSPS) is 28.7. The van der Waals surface area contributed by atoms with E-state index in [-0.39, 0.29) is 12.7 Å². The Morgan fingerprint density at radius 1 is 1.53 bits per heavy atom. The van der Waals surface area contributed by atoms with E-state index < -0.39 is 11.9 Å². The van der Waals surface area contributed by atoms with Crippen molar-refractivity contribution >= 4 is 5.91 Å². The highest BCUT2D eigenvalue weighted by Crippen LogP contribution is 2.28. The molecule has 0 saturated heterocycles. The molecule has 0 bridgehead atoms. The van der Waals surface area contributed by atoms with Gasteiger partial charge >= 0.3 is 0 Å². The zero-order valence-electron chi connectivity index (χ0n) is 9.45. The van der Waals surface area contributed by atoms with E-state index in [4.69, 9.17) is 16.2 Å². The zero-order valence-corrected chi connectivity index (χ0v) is 9.45. The van der Waals surface area contributed by atoms with E-state index >= 15 is 0 Å². The molecular weight excluding hydrogens is 192 g/mol. The maximum atomic E-state index is 10.7. The number of carbonyl (C=O) groups is 1. The molecule has 3 unspecified atom stereocenters. The smallest absolute Gasteiger partial charge is 0.236 e. The Morgan fingerprint density at radius 2 is 2.27 bits per heavy atom. The predicted molar refractivity (Wildman–Crippen MR) is 59.2 cm³/mol. The lowest BCUT2D eigenvalue weighted by Gasteiger charge is -2.28. The third-order valence-corrected chi connectivity index (χ3v) is 3.19. The number of nitrogens with two attached hydrogens (primary N) is 2. The van der Waals surface area contributed by atoms with Gasteiger partial charge in [0, 0.05) is 0 Å². The molecule has 0 aromatic rings. The lowest BCUT2D eigenvalue weighted by atomic mass is 9.85. The molecule has 0 aromatic heterocycles. The van der Waals surface area contributed by atoms with Crippen LogP contribution in [0, 0.1) is 5.92 Å². The molecule has 4 heteroatoms. The molecule has 1 aliphatic carbocycles. The highest BCUT2D eigenvalue weighted by atomic mass is 16.5. The van der Waals surface area contributed by atoms with Gasteiger partial charge < -0.3 is 16.2 Å². The van der Waals surface area contributed by atoms with Crippen molar-refractivity contribution < 1.29 is 9.53 Å². The van der Waals surface area contributed by atoms with E-state index in [9.17, 15) is 4.79 Å². The van der Waals surface area contributed by atoms with Crippen LogP contribution in [0.3, 0.4) is 0 Å². The molecule has 88 valence electrons. The van der Waals surface area contributed by atoms with Crippen molar-refractivity contribution in [3.63, 3.8) is 0 Å². The summed E-state index contributed by atoms with van der Waals surface area (Å²) in [6.07, 6.45) is 6.19. The van der Waals surface area contributed by atoms with Crippen molar-refractivity contribution in [1.82, 2.24) is 0 Å². The molecular formula is C11H22N2O2. The van der Waals surface area contributed by atoms with Crippen molar-refractivity contribution in [3.05, 3.63) is 0 Å². The third kappa shape index (κ3) is 4.18. The van der Waals surface area contributed by atoms with Gasteiger partial charge in [0.25, 0.3) is 0 Å². The van der Waals surface area contributed by atoms with Crippen LogP contribution in [-0.4, -0.2) is 24.7 Å². The number of amides is 1. The molecule has 0 aromatic carbocycles. The largest absolute Gasteiger partial charge is 0.376 e. The molecule has 3 atom stereocenters. The van der Waals surface area contributed by atoms with E-state index in [1.54, 1.807) is 0 Å². The SMILES string of the molecule is CCC1CCCC(OCC(N)C(N)=O)C1. The average molecular weight is 214 g/mol. The van der Waals surface area contributed by atoms with Crippen LogP contribution in [0.25, 0.3) is 0 Å². The second kappa shape index (κ2) is 6.08. The molecule has 1 aliphatic rings. The number of hydrogen-bond donors (Lipinski definition) is 2. The maximum Gasteiger partial charge on any atom is 0.236 e. The number of ether oxygens (including phenoxy) is 1. The van der Waals surface area contributed by atoms with Gasteiger partial charge in [-0.05, 0) is 18.8 Å². The minimum atomic E-state index is -0.660. The van der Waals surface area contributed by atoms with Gasteiger partial charge in [-0.3, -0.25) is 4.79 Å².